The second kappa shape index (κ2) is 4.90. The van der Waals surface area contributed by atoms with Crippen molar-refractivity contribution >= 4 is 27.3 Å². The Balaban J connectivity index is 2.42. The minimum atomic E-state index is 1.12. The van der Waals surface area contributed by atoms with Crippen LogP contribution in [-0.2, 0) is 6.42 Å². The van der Waals surface area contributed by atoms with Crippen molar-refractivity contribution in [2.24, 2.45) is 0 Å². The highest BCUT2D eigenvalue weighted by Crippen LogP contribution is 2.33. The van der Waals surface area contributed by atoms with E-state index < -0.39 is 0 Å². The lowest BCUT2D eigenvalue weighted by Gasteiger charge is -2.05. The summed E-state index contributed by atoms with van der Waals surface area (Å²) >= 11 is 5.25. The first-order valence-electron chi connectivity index (χ1n) is 5.00. The molecule has 0 fully saturated rings. The molecule has 0 saturated carbocycles. The van der Waals surface area contributed by atoms with Gasteiger partial charge in [-0.3, -0.25) is 4.98 Å². The second-order valence-electron chi connectivity index (χ2n) is 3.39. The summed E-state index contributed by atoms with van der Waals surface area (Å²) in [6, 6.07) is 6.35. The van der Waals surface area contributed by atoms with Crippen molar-refractivity contribution in [1.29, 1.82) is 0 Å². The van der Waals surface area contributed by atoms with Crippen molar-refractivity contribution in [2.75, 3.05) is 0 Å². The fourth-order valence-electron chi connectivity index (χ4n) is 1.59. The van der Waals surface area contributed by atoms with E-state index >= 15 is 0 Å². The van der Waals surface area contributed by atoms with E-state index in [1.54, 1.807) is 11.3 Å². The predicted molar refractivity (Wildman–Crippen MR) is 69.2 cm³/mol. The Bertz CT molecular complexity index is 450. The summed E-state index contributed by atoms with van der Waals surface area (Å²) in [5.74, 6) is 0. The van der Waals surface area contributed by atoms with Crippen molar-refractivity contribution < 1.29 is 0 Å². The molecule has 2 aromatic rings. The van der Waals surface area contributed by atoms with E-state index in [1.807, 2.05) is 12.4 Å². The summed E-state index contributed by atoms with van der Waals surface area (Å²) < 4.78 is 1.17. The highest BCUT2D eigenvalue weighted by Gasteiger charge is 2.06. The van der Waals surface area contributed by atoms with E-state index in [1.165, 1.54) is 26.2 Å². The number of halogens is 1. The standard InChI is InChI=1S/C12H12BrNS/c1-2-3-9-6-7-14-8-10(9)11-4-5-12(13)15-11/h4-8H,2-3H2,1H3. The van der Waals surface area contributed by atoms with Gasteiger partial charge in [0.25, 0.3) is 0 Å². The Morgan fingerprint density at radius 1 is 1.33 bits per heavy atom. The lowest BCUT2D eigenvalue weighted by atomic mass is 10.1. The van der Waals surface area contributed by atoms with Crippen molar-refractivity contribution in [3.63, 3.8) is 0 Å². The number of nitrogens with zero attached hydrogens (tertiary/aromatic N) is 1. The molecule has 0 amide bonds. The SMILES string of the molecule is CCCc1ccncc1-c1ccc(Br)s1. The number of pyridine rings is 1. The zero-order valence-corrected chi connectivity index (χ0v) is 10.9. The van der Waals surface area contributed by atoms with Gasteiger partial charge in [-0.05, 0) is 46.1 Å². The third-order valence-electron chi connectivity index (χ3n) is 2.27. The number of aromatic nitrogens is 1. The highest BCUT2D eigenvalue weighted by atomic mass is 79.9. The van der Waals surface area contributed by atoms with Gasteiger partial charge in [0.15, 0.2) is 0 Å². The maximum atomic E-state index is 4.20. The van der Waals surface area contributed by atoms with Crippen LogP contribution in [0.1, 0.15) is 18.9 Å². The molecule has 0 aliphatic carbocycles. The molecule has 3 heteroatoms. The van der Waals surface area contributed by atoms with Crippen molar-refractivity contribution in [1.82, 2.24) is 4.98 Å². The van der Waals surface area contributed by atoms with Gasteiger partial charge < -0.3 is 0 Å². The molecule has 15 heavy (non-hydrogen) atoms. The van der Waals surface area contributed by atoms with Crippen LogP contribution >= 0.6 is 27.3 Å². The normalized spacial score (nSPS) is 10.5. The summed E-state index contributed by atoms with van der Waals surface area (Å²) in [7, 11) is 0. The van der Waals surface area contributed by atoms with E-state index in [4.69, 9.17) is 0 Å². The van der Waals surface area contributed by atoms with Crippen LogP contribution in [0.15, 0.2) is 34.4 Å². The molecule has 0 saturated heterocycles. The van der Waals surface area contributed by atoms with E-state index in [0.29, 0.717) is 0 Å². The van der Waals surface area contributed by atoms with Gasteiger partial charge in [-0.15, -0.1) is 11.3 Å². The van der Waals surface area contributed by atoms with Gasteiger partial charge in [0.2, 0.25) is 0 Å². The third kappa shape index (κ3) is 2.47. The molecule has 2 rings (SSSR count). The minimum Gasteiger partial charge on any atom is -0.264 e. The molecule has 0 aromatic carbocycles. The summed E-state index contributed by atoms with van der Waals surface area (Å²) in [5.41, 5.74) is 2.66. The highest BCUT2D eigenvalue weighted by molar-refractivity contribution is 9.11. The molecule has 0 aliphatic heterocycles. The van der Waals surface area contributed by atoms with Crippen LogP contribution in [0, 0.1) is 0 Å². The predicted octanol–water partition coefficient (Wildman–Crippen LogP) is 4.53. The molecule has 0 spiro atoms. The van der Waals surface area contributed by atoms with Crippen LogP contribution in [-0.4, -0.2) is 4.98 Å². The van der Waals surface area contributed by atoms with Gasteiger partial charge in [0.1, 0.15) is 0 Å². The third-order valence-corrected chi connectivity index (χ3v) is 3.93. The van der Waals surface area contributed by atoms with Crippen LogP contribution < -0.4 is 0 Å². The van der Waals surface area contributed by atoms with Gasteiger partial charge in [-0.25, -0.2) is 0 Å². The average Bonchev–Trinajstić information content (AvgIpc) is 2.66. The Labute approximate surface area is 102 Å². The quantitative estimate of drug-likeness (QED) is 0.806. The lowest BCUT2D eigenvalue weighted by molar-refractivity contribution is 0.921. The summed E-state index contributed by atoms with van der Waals surface area (Å²) in [6.45, 7) is 2.20. The number of aryl methyl sites for hydroxylation is 1. The summed E-state index contributed by atoms with van der Waals surface area (Å²) in [5, 5.41) is 0. The Kier molecular flexibility index (Phi) is 3.54. The average molecular weight is 282 g/mol. The topological polar surface area (TPSA) is 12.9 Å². The van der Waals surface area contributed by atoms with E-state index in [2.05, 4.69) is 46.0 Å². The Morgan fingerprint density at radius 3 is 2.87 bits per heavy atom. The van der Waals surface area contributed by atoms with Crippen LogP contribution in [0.5, 0.6) is 0 Å². The van der Waals surface area contributed by atoms with Gasteiger partial charge in [0.05, 0.1) is 3.79 Å². The molecule has 0 radical (unpaired) electrons. The molecule has 0 bridgehead atoms. The molecule has 2 aromatic heterocycles. The summed E-state index contributed by atoms with van der Waals surface area (Å²) in [4.78, 5) is 5.49. The smallest absolute Gasteiger partial charge is 0.0705 e. The van der Waals surface area contributed by atoms with Crippen LogP contribution in [0.25, 0.3) is 10.4 Å². The number of rotatable bonds is 3. The Morgan fingerprint density at radius 2 is 2.20 bits per heavy atom. The van der Waals surface area contributed by atoms with Crippen LogP contribution in [0.2, 0.25) is 0 Å². The molecule has 0 atom stereocenters. The fourth-order valence-corrected chi connectivity index (χ4v) is 3.02. The van der Waals surface area contributed by atoms with Crippen LogP contribution in [0.3, 0.4) is 0 Å². The maximum absolute atomic E-state index is 4.20. The van der Waals surface area contributed by atoms with E-state index in [9.17, 15) is 0 Å². The zero-order chi connectivity index (χ0) is 10.7. The van der Waals surface area contributed by atoms with Gasteiger partial charge >= 0.3 is 0 Å². The zero-order valence-electron chi connectivity index (χ0n) is 8.53. The number of hydrogen-bond acceptors (Lipinski definition) is 2. The molecule has 2 heterocycles. The molecular weight excluding hydrogens is 270 g/mol. The first-order valence-corrected chi connectivity index (χ1v) is 6.61. The van der Waals surface area contributed by atoms with Gasteiger partial charge in [-0.1, -0.05) is 13.3 Å². The molecule has 78 valence electrons. The second-order valence-corrected chi connectivity index (χ2v) is 5.85. The van der Waals surface area contributed by atoms with Gasteiger partial charge in [-0.2, -0.15) is 0 Å². The lowest BCUT2D eigenvalue weighted by Crippen LogP contribution is -1.88. The molecule has 0 aliphatic rings. The van der Waals surface area contributed by atoms with Crippen molar-refractivity contribution in [3.05, 3.63) is 39.9 Å². The number of hydrogen-bond donors (Lipinski definition) is 0. The van der Waals surface area contributed by atoms with Crippen LogP contribution in [0.4, 0.5) is 0 Å². The van der Waals surface area contributed by atoms with E-state index in [-0.39, 0.29) is 0 Å². The van der Waals surface area contributed by atoms with Crippen molar-refractivity contribution in [2.45, 2.75) is 19.8 Å². The minimum absolute atomic E-state index is 1.12. The van der Waals surface area contributed by atoms with Gasteiger partial charge in [0, 0.05) is 22.8 Å². The molecule has 0 unspecified atom stereocenters. The fraction of sp³-hybridized carbons (Fsp3) is 0.250. The maximum Gasteiger partial charge on any atom is 0.0705 e. The largest absolute Gasteiger partial charge is 0.264 e. The molecule has 0 N–H and O–H groups in total. The monoisotopic (exact) mass is 281 g/mol. The molecule has 1 nitrogen and oxygen atoms in total. The summed E-state index contributed by atoms with van der Waals surface area (Å²) in [6.07, 6.45) is 6.12. The van der Waals surface area contributed by atoms with Crippen molar-refractivity contribution in [3.8, 4) is 10.4 Å². The first kappa shape index (κ1) is 10.8. The molecular formula is C12H12BrNS. The number of thiophene rings is 1. The van der Waals surface area contributed by atoms with E-state index in [0.717, 1.165) is 6.42 Å². The first-order chi connectivity index (χ1) is 7.31. The Hall–Kier alpha value is -0.670.